The molecular weight excluding hydrogens is 194 g/mol. The summed E-state index contributed by atoms with van der Waals surface area (Å²) in [6.07, 6.45) is 9.77. The maximum atomic E-state index is 3.76. The van der Waals surface area contributed by atoms with Crippen LogP contribution in [0.4, 0.5) is 0 Å². The zero-order valence-electron chi connectivity index (χ0n) is 12.0. The molecule has 1 nitrogen and oxygen atoms in total. The summed E-state index contributed by atoms with van der Waals surface area (Å²) in [6.45, 7) is 11.7. The van der Waals surface area contributed by atoms with Crippen LogP contribution in [0.1, 0.15) is 79.6 Å². The molecule has 0 bridgehead atoms. The smallest absolute Gasteiger partial charge is 0.0132 e. The number of hydrogen-bond acceptors (Lipinski definition) is 1. The third kappa shape index (κ3) is 4.86. The zero-order chi connectivity index (χ0) is 12.2. The lowest BCUT2D eigenvalue weighted by Gasteiger charge is -2.46. The van der Waals surface area contributed by atoms with E-state index in [1.807, 2.05) is 0 Å². The van der Waals surface area contributed by atoms with Crippen LogP contribution in [0.5, 0.6) is 0 Å². The minimum Gasteiger partial charge on any atom is -0.307 e. The Balaban J connectivity index is 2.36. The Morgan fingerprint density at radius 3 is 2.00 bits per heavy atom. The molecule has 1 fully saturated rings. The average Bonchev–Trinajstić information content (AvgIpc) is 2.07. The van der Waals surface area contributed by atoms with Gasteiger partial charge in [-0.1, -0.05) is 39.0 Å². The summed E-state index contributed by atoms with van der Waals surface area (Å²) in [5, 5.41) is 3.76. The van der Waals surface area contributed by atoms with E-state index in [2.05, 4.69) is 39.9 Å². The molecule has 0 amide bonds. The first kappa shape index (κ1) is 14.0. The first-order valence-electron chi connectivity index (χ1n) is 7.14. The van der Waals surface area contributed by atoms with Crippen LogP contribution < -0.4 is 5.32 Å². The van der Waals surface area contributed by atoms with E-state index in [1.54, 1.807) is 0 Å². The van der Waals surface area contributed by atoms with Gasteiger partial charge in [0, 0.05) is 11.1 Å². The second kappa shape index (κ2) is 5.53. The number of unbranched alkanes of at least 4 members (excludes halogenated alkanes) is 3. The van der Waals surface area contributed by atoms with Crippen molar-refractivity contribution in [2.24, 2.45) is 5.92 Å². The highest BCUT2D eigenvalue weighted by Crippen LogP contribution is 2.35. The van der Waals surface area contributed by atoms with Gasteiger partial charge >= 0.3 is 0 Å². The van der Waals surface area contributed by atoms with Gasteiger partial charge in [-0.2, -0.15) is 0 Å². The van der Waals surface area contributed by atoms with E-state index in [9.17, 15) is 0 Å². The molecule has 0 unspecified atom stereocenters. The van der Waals surface area contributed by atoms with Gasteiger partial charge in [-0.15, -0.1) is 0 Å². The molecule has 0 atom stereocenters. The Morgan fingerprint density at radius 1 is 0.938 bits per heavy atom. The Kier molecular flexibility index (Phi) is 4.85. The number of nitrogens with one attached hydrogen (secondary N) is 1. The topological polar surface area (TPSA) is 12.0 Å². The molecule has 1 heterocycles. The van der Waals surface area contributed by atoms with E-state index < -0.39 is 0 Å². The molecule has 1 aliphatic heterocycles. The first-order valence-corrected chi connectivity index (χ1v) is 7.14. The van der Waals surface area contributed by atoms with Gasteiger partial charge in [0.05, 0.1) is 0 Å². The average molecular weight is 225 g/mol. The van der Waals surface area contributed by atoms with E-state index in [0.29, 0.717) is 11.1 Å². The van der Waals surface area contributed by atoms with Crippen LogP contribution in [0.15, 0.2) is 0 Å². The van der Waals surface area contributed by atoms with Gasteiger partial charge in [0.15, 0.2) is 0 Å². The Morgan fingerprint density at radius 2 is 1.50 bits per heavy atom. The highest BCUT2D eigenvalue weighted by molar-refractivity contribution is 4.96. The number of piperidine rings is 1. The van der Waals surface area contributed by atoms with Crippen molar-refractivity contribution in [1.82, 2.24) is 5.32 Å². The molecule has 0 aromatic carbocycles. The molecule has 1 N–H and O–H groups in total. The van der Waals surface area contributed by atoms with Crippen molar-refractivity contribution in [2.45, 2.75) is 90.6 Å². The van der Waals surface area contributed by atoms with Crippen LogP contribution in [-0.2, 0) is 0 Å². The van der Waals surface area contributed by atoms with E-state index in [4.69, 9.17) is 0 Å². The van der Waals surface area contributed by atoms with Crippen molar-refractivity contribution in [1.29, 1.82) is 0 Å². The predicted molar refractivity (Wildman–Crippen MR) is 72.8 cm³/mol. The van der Waals surface area contributed by atoms with Crippen molar-refractivity contribution in [3.05, 3.63) is 0 Å². The third-order valence-corrected chi connectivity index (χ3v) is 3.74. The number of rotatable bonds is 5. The van der Waals surface area contributed by atoms with Crippen LogP contribution in [0.2, 0.25) is 0 Å². The Hall–Kier alpha value is -0.0400. The summed E-state index contributed by atoms with van der Waals surface area (Å²) >= 11 is 0. The third-order valence-electron chi connectivity index (χ3n) is 3.74. The predicted octanol–water partition coefficient (Wildman–Crippen LogP) is 4.51. The SMILES string of the molecule is CCCCCCC1CC(C)(C)NC(C)(C)C1. The Bertz CT molecular complexity index is 189. The molecule has 1 heteroatoms. The lowest BCUT2D eigenvalue weighted by atomic mass is 9.74. The van der Waals surface area contributed by atoms with Gasteiger partial charge in [-0.05, 0) is 46.5 Å². The minimum atomic E-state index is 0.331. The highest BCUT2D eigenvalue weighted by atomic mass is 15.0. The molecule has 1 saturated heterocycles. The van der Waals surface area contributed by atoms with E-state index >= 15 is 0 Å². The van der Waals surface area contributed by atoms with Crippen LogP contribution in [-0.4, -0.2) is 11.1 Å². The van der Waals surface area contributed by atoms with E-state index in [0.717, 1.165) is 5.92 Å². The molecule has 0 aromatic rings. The van der Waals surface area contributed by atoms with Crippen molar-refractivity contribution < 1.29 is 0 Å². The largest absolute Gasteiger partial charge is 0.307 e. The summed E-state index contributed by atoms with van der Waals surface area (Å²) in [6, 6.07) is 0. The normalized spacial score (nSPS) is 24.6. The van der Waals surface area contributed by atoms with E-state index in [1.165, 1.54) is 44.9 Å². The maximum Gasteiger partial charge on any atom is 0.0132 e. The maximum absolute atomic E-state index is 3.76. The molecule has 0 spiro atoms. The lowest BCUT2D eigenvalue weighted by Crippen LogP contribution is -2.57. The Labute approximate surface area is 102 Å². The van der Waals surface area contributed by atoms with Crippen LogP contribution in [0.3, 0.4) is 0 Å². The van der Waals surface area contributed by atoms with Gasteiger partial charge in [-0.3, -0.25) is 0 Å². The lowest BCUT2D eigenvalue weighted by molar-refractivity contribution is 0.122. The summed E-state index contributed by atoms with van der Waals surface area (Å²) in [4.78, 5) is 0. The molecule has 16 heavy (non-hydrogen) atoms. The fourth-order valence-electron chi connectivity index (χ4n) is 3.60. The van der Waals surface area contributed by atoms with Gasteiger partial charge in [0.25, 0.3) is 0 Å². The van der Waals surface area contributed by atoms with Crippen molar-refractivity contribution in [3.8, 4) is 0 Å². The van der Waals surface area contributed by atoms with Gasteiger partial charge < -0.3 is 5.32 Å². The summed E-state index contributed by atoms with van der Waals surface area (Å²) in [5.41, 5.74) is 0.661. The van der Waals surface area contributed by atoms with Gasteiger partial charge in [-0.25, -0.2) is 0 Å². The fraction of sp³-hybridized carbons (Fsp3) is 1.00. The molecule has 0 saturated carbocycles. The second-order valence-corrected chi connectivity index (χ2v) is 7.02. The summed E-state index contributed by atoms with van der Waals surface area (Å²) in [7, 11) is 0. The van der Waals surface area contributed by atoms with Gasteiger partial charge in [0.2, 0.25) is 0 Å². The molecule has 1 rings (SSSR count). The summed E-state index contributed by atoms with van der Waals surface area (Å²) < 4.78 is 0. The molecule has 0 radical (unpaired) electrons. The zero-order valence-corrected chi connectivity index (χ0v) is 12.0. The first-order chi connectivity index (χ1) is 7.35. The van der Waals surface area contributed by atoms with E-state index in [-0.39, 0.29) is 0 Å². The molecule has 96 valence electrons. The van der Waals surface area contributed by atoms with Crippen molar-refractivity contribution in [2.75, 3.05) is 0 Å². The van der Waals surface area contributed by atoms with Crippen LogP contribution in [0, 0.1) is 5.92 Å². The molecule has 0 aromatic heterocycles. The minimum absolute atomic E-state index is 0.331. The second-order valence-electron chi connectivity index (χ2n) is 7.02. The summed E-state index contributed by atoms with van der Waals surface area (Å²) in [5.74, 6) is 0.933. The van der Waals surface area contributed by atoms with Crippen molar-refractivity contribution in [3.63, 3.8) is 0 Å². The quantitative estimate of drug-likeness (QED) is 0.679. The fourth-order valence-corrected chi connectivity index (χ4v) is 3.60. The highest BCUT2D eigenvalue weighted by Gasteiger charge is 2.36. The van der Waals surface area contributed by atoms with Gasteiger partial charge in [0.1, 0.15) is 0 Å². The van der Waals surface area contributed by atoms with Crippen LogP contribution in [0.25, 0.3) is 0 Å². The number of hydrogen-bond donors (Lipinski definition) is 1. The molecule has 1 aliphatic rings. The standard InChI is InChI=1S/C15H31N/c1-6-7-8-9-10-13-11-14(2,3)16-15(4,5)12-13/h13,16H,6-12H2,1-5H3. The van der Waals surface area contributed by atoms with Crippen molar-refractivity contribution >= 4 is 0 Å². The van der Waals surface area contributed by atoms with Crippen LogP contribution >= 0.6 is 0 Å². The molecule has 0 aliphatic carbocycles. The monoisotopic (exact) mass is 225 g/mol. The molecular formula is C15H31N.